The molecule has 36 heavy (non-hydrogen) atoms. The van der Waals surface area contributed by atoms with Gasteiger partial charge in [0.1, 0.15) is 0 Å². The second kappa shape index (κ2) is 9.91. The summed E-state index contributed by atoms with van der Waals surface area (Å²) in [5, 5.41) is 5.69. The Kier molecular flexibility index (Phi) is 6.36. The summed E-state index contributed by atoms with van der Waals surface area (Å²) in [6.45, 7) is 2.37. The normalized spacial score (nSPS) is 12.4. The first-order chi connectivity index (χ1) is 17.5. The molecule has 3 heterocycles. The number of nitrogens with one attached hydrogen (secondary N) is 3. The van der Waals surface area contributed by atoms with Crippen LogP contribution in [0.1, 0.15) is 21.6 Å². The number of aromatic amines is 1. The van der Waals surface area contributed by atoms with E-state index in [1.165, 1.54) is 7.11 Å². The Hall–Kier alpha value is -4.66. The molecule has 0 atom stereocenters. The molecule has 0 saturated heterocycles. The van der Waals surface area contributed by atoms with E-state index < -0.39 is 0 Å². The first-order valence-electron chi connectivity index (χ1n) is 11.5. The molecule has 2 amide bonds. The third kappa shape index (κ3) is 4.76. The maximum absolute atomic E-state index is 12.4. The first-order valence-corrected chi connectivity index (χ1v) is 11.5. The van der Waals surface area contributed by atoms with Crippen LogP contribution in [0.5, 0.6) is 11.5 Å². The molecule has 9 nitrogen and oxygen atoms in total. The van der Waals surface area contributed by atoms with Gasteiger partial charge in [-0.05, 0) is 48.9 Å². The molecule has 1 aliphatic rings. The quantitative estimate of drug-likeness (QED) is 0.368. The monoisotopic (exact) mass is 483 g/mol. The Morgan fingerprint density at radius 3 is 2.78 bits per heavy atom. The summed E-state index contributed by atoms with van der Waals surface area (Å²) in [5.74, 6) is 1.03. The van der Waals surface area contributed by atoms with Gasteiger partial charge in [-0.15, -0.1) is 0 Å². The van der Waals surface area contributed by atoms with Gasteiger partial charge in [-0.3, -0.25) is 9.59 Å². The zero-order valence-electron chi connectivity index (χ0n) is 19.9. The number of hydrogen-bond acceptors (Lipinski definition) is 6. The van der Waals surface area contributed by atoms with E-state index in [1.807, 2.05) is 43.3 Å². The zero-order valence-corrected chi connectivity index (χ0v) is 19.9. The van der Waals surface area contributed by atoms with Crippen LogP contribution in [-0.2, 0) is 11.2 Å². The number of ether oxygens (including phenoxy) is 2. The van der Waals surface area contributed by atoms with Crippen molar-refractivity contribution in [1.82, 2.24) is 20.3 Å². The molecule has 0 fully saturated rings. The van der Waals surface area contributed by atoms with Crippen molar-refractivity contribution in [3.05, 3.63) is 77.6 Å². The average molecular weight is 484 g/mol. The largest absolute Gasteiger partial charge is 0.493 e. The molecule has 0 saturated carbocycles. The highest BCUT2D eigenvalue weighted by Gasteiger charge is 2.21. The fraction of sp³-hybridized carbons (Fsp3) is 0.185. The number of anilines is 1. The molecular formula is C27H25N5O4. The number of fused-ring (bicyclic) bond motifs is 1. The van der Waals surface area contributed by atoms with Crippen LogP contribution in [-0.4, -0.2) is 47.0 Å². The lowest BCUT2D eigenvalue weighted by Gasteiger charge is -2.13. The second-order valence-corrected chi connectivity index (χ2v) is 8.36. The van der Waals surface area contributed by atoms with Crippen LogP contribution in [0, 0.1) is 6.92 Å². The van der Waals surface area contributed by atoms with E-state index >= 15 is 0 Å². The van der Waals surface area contributed by atoms with E-state index in [4.69, 9.17) is 9.47 Å². The van der Waals surface area contributed by atoms with Gasteiger partial charge in [-0.25, -0.2) is 9.97 Å². The summed E-state index contributed by atoms with van der Waals surface area (Å²) < 4.78 is 11.2. The van der Waals surface area contributed by atoms with E-state index in [2.05, 4.69) is 25.6 Å². The minimum Gasteiger partial charge on any atom is -0.493 e. The number of carbonyl (C=O) groups is 2. The summed E-state index contributed by atoms with van der Waals surface area (Å²) in [7, 11) is 1.53. The van der Waals surface area contributed by atoms with Gasteiger partial charge in [-0.2, -0.15) is 0 Å². The number of H-pyrrole nitrogens is 1. The van der Waals surface area contributed by atoms with Gasteiger partial charge in [-0.1, -0.05) is 18.2 Å². The van der Waals surface area contributed by atoms with E-state index in [1.54, 1.807) is 24.4 Å². The van der Waals surface area contributed by atoms with Crippen LogP contribution < -0.4 is 20.1 Å². The summed E-state index contributed by atoms with van der Waals surface area (Å²) in [4.78, 5) is 36.9. The van der Waals surface area contributed by atoms with Gasteiger partial charge >= 0.3 is 0 Å². The standard InChI is InChI=1S/C27H25N5O4/c1-16-5-3-4-6-19(16)31-25(33)15-36-23-8-7-17(13-24(23)35-2)26-28-11-10-21(32-26)22-14-18-20(30-22)9-12-29-27(18)34/h3-8,10-11,13-14,30H,9,12,15H2,1-2H3,(H,29,34)(H,31,33). The molecule has 0 unspecified atom stereocenters. The lowest BCUT2D eigenvalue weighted by atomic mass is 10.1. The molecule has 2 aromatic heterocycles. The van der Waals surface area contributed by atoms with Gasteiger partial charge in [0.25, 0.3) is 11.8 Å². The Morgan fingerprint density at radius 2 is 1.97 bits per heavy atom. The Bertz CT molecular complexity index is 1450. The maximum Gasteiger partial charge on any atom is 0.262 e. The van der Waals surface area contributed by atoms with Crippen molar-refractivity contribution in [2.24, 2.45) is 0 Å². The number of amides is 2. The summed E-state index contributed by atoms with van der Waals surface area (Å²) in [6.07, 6.45) is 2.42. The number of para-hydroxylation sites is 1. The van der Waals surface area contributed by atoms with Crippen molar-refractivity contribution in [3.8, 4) is 34.3 Å². The van der Waals surface area contributed by atoms with Crippen molar-refractivity contribution in [2.45, 2.75) is 13.3 Å². The number of aryl methyl sites for hydroxylation is 1. The van der Waals surface area contributed by atoms with E-state index in [-0.39, 0.29) is 18.4 Å². The highest BCUT2D eigenvalue weighted by atomic mass is 16.5. The predicted molar refractivity (Wildman–Crippen MR) is 135 cm³/mol. The summed E-state index contributed by atoms with van der Waals surface area (Å²) in [6, 6.07) is 16.5. The molecule has 182 valence electrons. The molecule has 0 aliphatic carbocycles. The van der Waals surface area contributed by atoms with E-state index in [0.717, 1.165) is 34.6 Å². The smallest absolute Gasteiger partial charge is 0.262 e. The third-order valence-corrected chi connectivity index (χ3v) is 5.94. The molecular weight excluding hydrogens is 458 g/mol. The molecule has 0 spiro atoms. The fourth-order valence-corrected chi connectivity index (χ4v) is 4.05. The number of methoxy groups -OCH3 is 1. The van der Waals surface area contributed by atoms with Crippen LogP contribution in [0.4, 0.5) is 5.69 Å². The first kappa shape index (κ1) is 23.1. The highest BCUT2D eigenvalue weighted by molar-refractivity contribution is 5.97. The van der Waals surface area contributed by atoms with Crippen molar-refractivity contribution < 1.29 is 19.1 Å². The number of benzene rings is 2. The zero-order chi connectivity index (χ0) is 25.1. The Labute approximate surface area is 207 Å². The number of nitrogens with zero attached hydrogens (tertiary/aromatic N) is 2. The molecule has 2 aromatic carbocycles. The molecule has 4 aromatic rings. The molecule has 1 aliphatic heterocycles. The molecule has 0 bridgehead atoms. The van der Waals surface area contributed by atoms with Gasteiger partial charge in [0.2, 0.25) is 0 Å². The Morgan fingerprint density at radius 1 is 1.11 bits per heavy atom. The van der Waals surface area contributed by atoms with Crippen molar-refractivity contribution >= 4 is 17.5 Å². The number of hydrogen-bond donors (Lipinski definition) is 3. The SMILES string of the molecule is COc1cc(-c2nccc(-c3cc4c([nH]3)CCNC4=O)n2)ccc1OCC(=O)Nc1ccccc1C. The van der Waals surface area contributed by atoms with Gasteiger partial charge in [0.15, 0.2) is 23.9 Å². The van der Waals surface area contributed by atoms with Crippen LogP contribution in [0.2, 0.25) is 0 Å². The fourth-order valence-electron chi connectivity index (χ4n) is 4.05. The Balaban J connectivity index is 1.32. The van der Waals surface area contributed by atoms with Crippen LogP contribution in [0.3, 0.4) is 0 Å². The predicted octanol–water partition coefficient (Wildman–Crippen LogP) is 3.76. The molecule has 5 rings (SSSR count). The second-order valence-electron chi connectivity index (χ2n) is 8.36. The molecule has 9 heteroatoms. The van der Waals surface area contributed by atoms with Gasteiger partial charge in [0.05, 0.1) is 24.1 Å². The average Bonchev–Trinajstić information content (AvgIpc) is 3.35. The lowest BCUT2D eigenvalue weighted by molar-refractivity contribution is -0.118. The van der Waals surface area contributed by atoms with Crippen molar-refractivity contribution in [1.29, 1.82) is 0 Å². The van der Waals surface area contributed by atoms with Crippen LogP contribution >= 0.6 is 0 Å². The van der Waals surface area contributed by atoms with Crippen molar-refractivity contribution in [3.63, 3.8) is 0 Å². The molecule has 3 N–H and O–H groups in total. The number of rotatable bonds is 7. The van der Waals surface area contributed by atoms with Gasteiger partial charge < -0.3 is 25.1 Å². The van der Waals surface area contributed by atoms with Crippen LogP contribution in [0.15, 0.2) is 60.8 Å². The van der Waals surface area contributed by atoms with Crippen molar-refractivity contribution in [2.75, 3.05) is 25.6 Å². The van der Waals surface area contributed by atoms with Crippen LogP contribution in [0.25, 0.3) is 22.8 Å². The number of carbonyl (C=O) groups excluding carboxylic acids is 2. The number of aromatic nitrogens is 3. The summed E-state index contributed by atoms with van der Waals surface area (Å²) >= 11 is 0. The third-order valence-electron chi connectivity index (χ3n) is 5.94. The maximum atomic E-state index is 12.4. The minimum atomic E-state index is -0.270. The van der Waals surface area contributed by atoms with E-state index in [9.17, 15) is 9.59 Å². The van der Waals surface area contributed by atoms with E-state index in [0.29, 0.717) is 35.1 Å². The van der Waals surface area contributed by atoms with Gasteiger partial charge in [0, 0.05) is 36.1 Å². The topological polar surface area (TPSA) is 118 Å². The molecule has 0 radical (unpaired) electrons. The highest BCUT2D eigenvalue weighted by Crippen LogP contribution is 2.32. The lowest BCUT2D eigenvalue weighted by Crippen LogP contribution is -2.31. The minimum absolute atomic E-state index is 0.0825. The summed E-state index contributed by atoms with van der Waals surface area (Å²) in [5.41, 5.74) is 5.42.